The fourth-order valence-corrected chi connectivity index (χ4v) is 4.19. The Morgan fingerprint density at radius 1 is 1.17 bits per heavy atom. The van der Waals surface area contributed by atoms with E-state index in [1.807, 2.05) is 0 Å². The van der Waals surface area contributed by atoms with Gasteiger partial charge in [0.15, 0.2) is 0 Å². The molecule has 0 aliphatic carbocycles. The van der Waals surface area contributed by atoms with Crippen LogP contribution >= 0.6 is 23.2 Å². The first-order valence-corrected chi connectivity index (χ1v) is 10.8. The van der Waals surface area contributed by atoms with Gasteiger partial charge >= 0.3 is 6.18 Å². The van der Waals surface area contributed by atoms with Crippen LogP contribution in [0, 0.1) is 6.92 Å². The maximum atomic E-state index is 12.9. The first-order chi connectivity index (χ1) is 13.9. The molecule has 0 radical (unpaired) electrons. The van der Waals surface area contributed by atoms with Gasteiger partial charge in [-0.1, -0.05) is 34.4 Å². The van der Waals surface area contributed by atoms with Gasteiger partial charge in [-0.3, -0.25) is 4.79 Å². The number of carbonyl (C=O) groups is 1. The fourth-order valence-electron chi connectivity index (χ4n) is 2.54. The highest BCUT2D eigenvalue weighted by atomic mass is 35.5. The van der Waals surface area contributed by atoms with E-state index in [1.54, 1.807) is 6.07 Å². The van der Waals surface area contributed by atoms with Crippen LogP contribution in [0.3, 0.4) is 0 Å². The maximum Gasteiger partial charge on any atom is 0.417 e. The summed E-state index contributed by atoms with van der Waals surface area (Å²) in [6.45, 7) is 1.44. The summed E-state index contributed by atoms with van der Waals surface area (Å²) in [5, 5.41) is 3.93. The van der Waals surface area contributed by atoms with E-state index in [2.05, 4.69) is 14.5 Å². The lowest BCUT2D eigenvalue weighted by Crippen LogP contribution is -2.09. The second kappa shape index (κ2) is 8.01. The molecule has 0 bridgehead atoms. The Kier molecular flexibility index (Phi) is 5.94. The number of amides is 1. The molecule has 2 aromatic heterocycles. The monoisotopic (exact) mass is 477 g/mol. The topological polar surface area (TPSA) is 85.4 Å². The molecule has 158 valence electrons. The molecule has 1 atom stereocenters. The first kappa shape index (κ1) is 22.3. The summed E-state index contributed by atoms with van der Waals surface area (Å²) in [5.41, 5.74) is -0.899. The normalized spacial score (nSPS) is 13.7. The number of aryl methyl sites for hydroxylation is 1. The summed E-state index contributed by atoms with van der Waals surface area (Å²) in [6.07, 6.45) is -2.99. The molecule has 0 saturated carbocycles. The Morgan fingerprint density at radius 2 is 1.80 bits per heavy atom. The predicted octanol–water partition coefficient (Wildman–Crippen LogP) is 5.67. The smallest absolute Gasteiger partial charge is 0.360 e. The van der Waals surface area contributed by atoms with Crippen molar-refractivity contribution in [3.8, 4) is 11.3 Å². The molecule has 0 aliphatic heterocycles. The molecule has 3 rings (SSSR count). The molecular weight excluding hydrogens is 466 g/mol. The number of aromatic nitrogens is 2. The zero-order valence-electron chi connectivity index (χ0n) is 15.3. The number of carbonyl (C=O) groups excluding carboxylic acids is 1. The van der Waals surface area contributed by atoms with Crippen molar-refractivity contribution >= 4 is 38.8 Å². The number of halogens is 5. The molecule has 0 saturated heterocycles. The minimum atomic E-state index is -4.60. The van der Waals surface area contributed by atoms with Crippen molar-refractivity contribution in [2.24, 2.45) is 4.36 Å². The number of benzene rings is 1. The number of pyridine rings is 1. The summed E-state index contributed by atoms with van der Waals surface area (Å²) in [4.78, 5) is 16.4. The SMILES string of the molecule is Cc1onc(-c2c(Cl)cccc2Cl)c1C(=O)N=S(C)(=O)c1ccc(C(F)(F)F)cn1. The average Bonchev–Trinajstić information content (AvgIpc) is 3.02. The average molecular weight is 478 g/mol. The Bertz CT molecular complexity index is 1230. The standard InChI is InChI=1S/C18H12Cl2F3N3O3S/c1-9-14(16(25-29-9)15-11(19)4-3-5-12(15)20)17(27)26-30(2,28)13-7-6-10(8-24-13)18(21,22)23/h3-8H,1-2H3. The predicted molar refractivity (Wildman–Crippen MR) is 105 cm³/mol. The quantitative estimate of drug-likeness (QED) is 0.485. The molecule has 2 heterocycles. The van der Waals surface area contributed by atoms with E-state index >= 15 is 0 Å². The van der Waals surface area contributed by atoms with Gasteiger partial charge in [-0.2, -0.15) is 17.5 Å². The van der Waals surface area contributed by atoms with Gasteiger partial charge in [0.05, 0.1) is 25.3 Å². The highest BCUT2D eigenvalue weighted by molar-refractivity contribution is 7.93. The van der Waals surface area contributed by atoms with Gasteiger partial charge in [-0.25, -0.2) is 9.19 Å². The summed E-state index contributed by atoms with van der Waals surface area (Å²) in [5.74, 6) is -0.890. The third kappa shape index (κ3) is 4.35. The van der Waals surface area contributed by atoms with Gasteiger partial charge in [0.2, 0.25) is 0 Å². The van der Waals surface area contributed by atoms with Crippen LogP contribution in [-0.2, 0) is 15.9 Å². The number of hydrogen-bond acceptors (Lipinski definition) is 5. The zero-order valence-corrected chi connectivity index (χ0v) is 17.7. The second-order valence-corrected chi connectivity index (χ2v) is 9.16. The highest BCUT2D eigenvalue weighted by Crippen LogP contribution is 2.37. The summed E-state index contributed by atoms with van der Waals surface area (Å²) >= 11 is 12.3. The largest absolute Gasteiger partial charge is 0.417 e. The summed E-state index contributed by atoms with van der Waals surface area (Å²) in [7, 11) is -3.47. The molecule has 12 heteroatoms. The Balaban J connectivity index is 2.07. The Morgan fingerprint density at radius 3 is 2.33 bits per heavy atom. The highest BCUT2D eigenvalue weighted by Gasteiger charge is 2.31. The lowest BCUT2D eigenvalue weighted by atomic mass is 10.1. The van der Waals surface area contributed by atoms with Gasteiger partial charge in [-0.15, -0.1) is 0 Å². The number of hydrogen-bond donors (Lipinski definition) is 0. The van der Waals surface area contributed by atoms with Crippen LogP contribution in [0.15, 0.2) is 50.4 Å². The van der Waals surface area contributed by atoms with E-state index in [9.17, 15) is 22.2 Å². The van der Waals surface area contributed by atoms with Crippen LogP contribution in [0.4, 0.5) is 13.2 Å². The molecule has 3 aromatic rings. The van der Waals surface area contributed by atoms with E-state index < -0.39 is 27.4 Å². The van der Waals surface area contributed by atoms with Gasteiger partial charge < -0.3 is 4.52 Å². The van der Waals surface area contributed by atoms with Crippen molar-refractivity contribution in [1.82, 2.24) is 10.1 Å². The van der Waals surface area contributed by atoms with Crippen molar-refractivity contribution in [3.63, 3.8) is 0 Å². The zero-order chi connectivity index (χ0) is 22.3. The summed E-state index contributed by atoms with van der Waals surface area (Å²) < 4.78 is 59.8. The molecular formula is C18H12Cl2F3N3O3S. The van der Waals surface area contributed by atoms with Gasteiger partial charge in [0.1, 0.15) is 22.0 Å². The van der Waals surface area contributed by atoms with Crippen LogP contribution in [0.25, 0.3) is 11.3 Å². The third-order valence-electron chi connectivity index (χ3n) is 3.98. The lowest BCUT2D eigenvalue weighted by Gasteiger charge is -2.08. The van der Waals surface area contributed by atoms with E-state index in [0.29, 0.717) is 12.3 Å². The molecule has 1 unspecified atom stereocenters. The number of nitrogens with zero attached hydrogens (tertiary/aromatic N) is 3. The number of rotatable bonds is 3. The van der Waals surface area contributed by atoms with Crippen LogP contribution < -0.4 is 0 Å². The molecule has 1 aromatic carbocycles. The molecule has 0 spiro atoms. The van der Waals surface area contributed by atoms with Crippen molar-refractivity contribution in [2.45, 2.75) is 18.1 Å². The van der Waals surface area contributed by atoms with Crippen LogP contribution in [0.1, 0.15) is 21.7 Å². The van der Waals surface area contributed by atoms with Crippen LogP contribution in [-0.4, -0.2) is 26.5 Å². The Labute approximate surface area is 179 Å². The van der Waals surface area contributed by atoms with E-state index in [0.717, 1.165) is 12.3 Å². The molecule has 30 heavy (non-hydrogen) atoms. The van der Waals surface area contributed by atoms with Crippen LogP contribution in [0.2, 0.25) is 10.0 Å². The molecule has 6 nitrogen and oxygen atoms in total. The van der Waals surface area contributed by atoms with E-state index in [-0.39, 0.29) is 37.7 Å². The second-order valence-electron chi connectivity index (χ2n) is 6.14. The molecule has 1 amide bonds. The lowest BCUT2D eigenvalue weighted by molar-refractivity contribution is -0.137. The van der Waals surface area contributed by atoms with Crippen molar-refractivity contribution in [2.75, 3.05) is 6.26 Å². The Hall–Kier alpha value is -2.43. The van der Waals surface area contributed by atoms with Gasteiger partial charge in [-0.05, 0) is 31.2 Å². The molecule has 0 N–H and O–H groups in total. The maximum absolute atomic E-state index is 12.9. The first-order valence-electron chi connectivity index (χ1n) is 8.12. The molecule has 0 aliphatic rings. The van der Waals surface area contributed by atoms with Gasteiger partial charge in [0.25, 0.3) is 5.91 Å². The minimum absolute atomic E-state index is 0.00688. The third-order valence-corrected chi connectivity index (χ3v) is 6.15. The molecule has 0 fully saturated rings. The minimum Gasteiger partial charge on any atom is -0.360 e. The van der Waals surface area contributed by atoms with Crippen molar-refractivity contribution in [1.29, 1.82) is 0 Å². The van der Waals surface area contributed by atoms with E-state index in [1.165, 1.54) is 19.1 Å². The summed E-state index contributed by atoms with van der Waals surface area (Å²) in [6, 6.07) is 6.29. The van der Waals surface area contributed by atoms with Crippen LogP contribution in [0.5, 0.6) is 0 Å². The van der Waals surface area contributed by atoms with E-state index in [4.69, 9.17) is 27.7 Å². The fraction of sp³-hybridized carbons (Fsp3) is 0.167. The number of alkyl halides is 3. The van der Waals surface area contributed by atoms with Crippen molar-refractivity contribution < 1.29 is 26.7 Å². The van der Waals surface area contributed by atoms with Gasteiger partial charge in [0, 0.05) is 18.0 Å². The van der Waals surface area contributed by atoms with Crippen molar-refractivity contribution in [3.05, 3.63) is 63.5 Å².